The van der Waals surface area contributed by atoms with Crippen molar-refractivity contribution in [1.29, 1.82) is 0 Å². The van der Waals surface area contributed by atoms with Gasteiger partial charge in [0, 0.05) is 37.4 Å². The molecule has 82 valence electrons. The highest BCUT2D eigenvalue weighted by Gasteiger charge is 2.05. The smallest absolute Gasteiger partial charge is 0.0667 e. The molecule has 15 heavy (non-hydrogen) atoms. The Morgan fingerprint density at radius 2 is 2.07 bits per heavy atom. The Hall–Kier alpha value is -1.22. The maximum atomic E-state index is 5.96. The number of hydrazone groups is 1. The molecule has 1 aromatic carbocycles. The summed E-state index contributed by atoms with van der Waals surface area (Å²) >= 11 is 5.96. The van der Waals surface area contributed by atoms with E-state index < -0.39 is 0 Å². The van der Waals surface area contributed by atoms with Crippen LogP contribution in [-0.4, -0.2) is 31.9 Å². The normalized spacial score (nSPS) is 11.4. The van der Waals surface area contributed by atoms with Gasteiger partial charge in [0.1, 0.15) is 0 Å². The molecule has 0 heterocycles. The van der Waals surface area contributed by atoms with Gasteiger partial charge < -0.3 is 10.3 Å². The van der Waals surface area contributed by atoms with Crippen LogP contribution in [0.5, 0.6) is 0 Å². The van der Waals surface area contributed by atoms with Crippen molar-refractivity contribution in [3.63, 3.8) is 0 Å². The highest BCUT2D eigenvalue weighted by molar-refractivity contribution is 6.31. The summed E-state index contributed by atoms with van der Waals surface area (Å²) in [6, 6.07) is 5.72. The molecular formula is C11H16ClN3. The van der Waals surface area contributed by atoms with Gasteiger partial charge in [-0.1, -0.05) is 11.6 Å². The van der Waals surface area contributed by atoms with Gasteiger partial charge in [0.15, 0.2) is 0 Å². The van der Waals surface area contributed by atoms with Gasteiger partial charge in [0.25, 0.3) is 0 Å². The van der Waals surface area contributed by atoms with Crippen LogP contribution in [0.25, 0.3) is 0 Å². The van der Waals surface area contributed by atoms with E-state index in [-0.39, 0.29) is 0 Å². The molecule has 0 aliphatic carbocycles. The summed E-state index contributed by atoms with van der Waals surface area (Å²) in [6.45, 7) is 1.96. The zero-order chi connectivity index (χ0) is 11.4. The minimum Gasteiger partial charge on any atom is -0.388 e. The molecule has 0 atom stereocenters. The summed E-state index contributed by atoms with van der Waals surface area (Å²) < 4.78 is 0. The van der Waals surface area contributed by atoms with Crippen LogP contribution in [0.4, 0.5) is 5.69 Å². The third-order valence-electron chi connectivity index (χ3n) is 1.99. The molecule has 0 aliphatic rings. The van der Waals surface area contributed by atoms with Crippen molar-refractivity contribution < 1.29 is 0 Å². The second-order valence-corrected chi connectivity index (χ2v) is 3.91. The Labute approximate surface area is 95.7 Å². The molecular weight excluding hydrogens is 210 g/mol. The zero-order valence-corrected chi connectivity index (χ0v) is 10.3. The molecule has 1 rings (SSSR count). The van der Waals surface area contributed by atoms with E-state index in [0.717, 1.165) is 22.0 Å². The lowest BCUT2D eigenvalue weighted by atomic mass is 10.1. The average molecular weight is 226 g/mol. The lowest BCUT2D eigenvalue weighted by molar-refractivity contribution is 0.438. The topological polar surface area (TPSA) is 27.6 Å². The van der Waals surface area contributed by atoms with Crippen molar-refractivity contribution in [1.82, 2.24) is 5.01 Å². The maximum Gasteiger partial charge on any atom is 0.0667 e. The highest BCUT2D eigenvalue weighted by Crippen LogP contribution is 2.21. The fraction of sp³-hybridized carbons (Fsp3) is 0.364. The van der Waals surface area contributed by atoms with Gasteiger partial charge in [-0.15, -0.1) is 0 Å². The van der Waals surface area contributed by atoms with E-state index in [2.05, 4.69) is 10.4 Å². The molecule has 0 unspecified atom stereocenters. The summed E-state index contributed by atoms with van der Waals surface area (Å²) in [6.07, 6.45) is 0. The molecule has 0 aromatic heterocycles. The second-order valence-electron chi connectivity index (χ2n) is 3.47. The molecule has 3 nitrogen and oxygen atoms in total. The molecule has 0 amide bonds. The van der Waals surface area contributed by atoms with Crippen molar-refractivity contribution >= 4 is 23.0 Å². The fourth-order valence-electron chi connectivity index (χ4n) is 1.39. The first-order valence-corrected chi connectivity index (χ1v) is 5.12. The highest BCUT2D eigenvalue weighted by atomic mass is 35.5. The van der Waals surface area contributed by atoms with E-state index in [9.17, 15) is 0 Å². The Balaban J connectivity index is 3.16. The van der Waals surface area contributed by atoms with Crippen molar-refractivity contribution in [2.24, 2.45) is 5.10 Å². The van der Waals surface area contributed by atoms with E-state index in [1.807, 2.05) is 46.3 Å². The van der Waals surface area contributed by atoms with E-state index in [1.54, 1.807) is 5.01 Å². The standard InChI is InChI=1S/C11H16ClN3/c1-8(14-15(3)4)10-7-9(12)5-6-11(10)13-2/h5-7,13H,1-4H3/b14-8-. The SMILES string of the molecule is CNc1ccc(Cl)cc1/C(C)=N\N(C)C. The molecule has 0 fully saturated rings. The van der Waals surface area contributed by atoms with Gasteiger partial charge in [-0.3, -0.25) is 0 Å². The number of nitrogens with one attached hydrogen (secondary N) is 1. The number of halogens is 1. The number of benzene rings is 1. The van der Waals surface area contributed by atoms with Crippen LogP contribution in [0.2, 0.25) is 5.02 Å². The Kier molecular flexibility index (Phi) is 3.97. The van der Waals surface area contributed by atoms with Crippen LogP contribution in [0, 0.1) is 0 Å². The Morgan fingerprint density at radius 3 is 2.60 bits per heavy atom. The molecule has 4 heteroatoms. The minimum absolute atomic E-state index is 0.720. The summed E-state index contributed by atoms with van der Waals surface area (Å²) in [4.78, 5) is 0. The van der Waals surface area contributed by atoms with E-state index in [4.69, 9.17) is 11.6 Å². The summed E-state index contributed by atoms with van der Waals surface area (Å²) in [7, 11) is 5.68. The predicted octanol–water partition coefficient (Wildman–Crippen LogP) is 2.67. The van der Waals surface area contributed by atoms with Crippen LogP contribution in [0.1, 0.15) is 12.5 Å². The van der Waals surface area contributed by atoms with Crippen LogP contribution in [0.3, 0.4) is 0 Å². The van der Waals surface area contributed by atoms with Gasteiger partial charge >= 0.3 is 0 Å². The summed E-state index contributed by atoms with van der Waals surface area (Å²) in [5, 5.41) is 9.96. The first kappa shape index (κ1) is 11.9. The van der Waals surface area contributed by atoms with Crippen molar-refractivity contribution in [3.8, 4) is 0 Å². The lowest BCUT2D eigenvalue weighted by Gasteiger charge is -2.11. The van der Waals surface area contributed by atoms with Gasteiger partial charge in [-0.05, 0) is 25.1 Å². The monoisotopic (exact) mass is 225 g/mol. The number of anilines is 1. The van der Waals surface area contributed by atoms with E-state index >= 15 is 0 Å². The third-order valence-corrected chi connectivity index (χ3v) is 2.23. The second kappa shape index (κ2) is 5.03. The van der Waals surface area contributed by atoms with Crippen LogP contribution >= 0.6 is 11.6 Å². The molecule has 1 aromatic rings. The summed E-state index contributed by atoms with van der Waals surface area (Å²) in [5.41, 5.74) is 2.99. The lowest BCUT2D eigenvalue weighted by Crippen LogP contribution is -2.09. The molecule has 0 saturated carbocycles. The number of hydrogen-bond donors (Lipinski definition) is 1. The molecule has 1 N–H and O–H groups in total. The maximum absolute atomic E-state index is 5.96. The van der Waals surface area contributed by atoms with E-state index in [1.165, 1.54) is 0 Å². The molecule has 0 radical (unpaired) electrons. The molecule has 0 bridgehead atoms. The zero-order valence-electron chi connectivity index (χ0n) is 9.50. The third kappa shape index (κ3) is 3.13. The molecule has 0 spiro atoms. The van der Waals surface area contributed by atoms with Crippen LogP contribution in [0.15, 0.2) is 23.3 Å². The van der Waals surface area contributed by atoms with Crippen LogP contribution < -0.4 is 5.32 Å². The van der Waals surface area contributed by atoms with Gasteiger partial charge in [0.2, 0.25) is 0 Å². The largest absolute Gasteiger partial charge is 0.388 e. The summed E-state index contributed by atoms with van der Waals surface area (Å²) in [5.74, 6) is 0. The number of hydrogen-bond acceptors (Lipinski definition) is 3. The van der Waals surface area contributed by atoms with Crippen LogP contribution in [-0.2, 0) is 0 Å². The van der Waals surface area contributed by atoms with Crippen molar-refractivity contribution in [2.45, 2.75) is 6.92 Å². The first-order valence-electron chi connectivity index (χ1n) is 4.75. The molecule has 0 saturated heterocycles. The van der Waals surface area contributed by atoms with Gasteiger partial charge in [0.05, 0.1) is 5.71 Å². The van der Waals surface area contributed by atoms with Gasteiger partial charge in [-0.25, -0.2) is 0 Å². The van der Waals surface area contributed by atoms with Crippen molar-refractivity contribution in [2.75, 3.05) is 26.5 Å². The number of nitrogens with zero attached hydrogens (tertiary/aromatic N) is 2. The van der Waals surface area contributed by atoms with Crippen molar-refractivity contribution in [3.05, 3.63) is 28.8 Å². The minimum atomic E-state index is 0.720. The first-order chi connectivity index (χ1) is 7.04. The molecule has 0 aliphatic heterocycles. The Bertz CT molecular complexity index is 372. The average Bonchev–Trinajstić information content (AvgIpc) is 2.16. The van der Waals surface area contributed by atoms with E-state index in [0.29, 0.717) is 0 Å². The quantitative estimate of drug-likeness (QED) is 0.633. The predicted molar refractivity (Wildman–Crippen MR) is 66.9 cm³/mol. The Morgan fingerprint density at radius 1 is 1.40 bits per heavy atom. The number of rotatable bonds is 3. The van der Waals surface area contributed by atoms with Gasteiger partial charge in [-0.2, -0.15) is 5.10 Å². The fourth-order valence-corrected chi connectivity index (χ4v) is 1.56.